The van der Waals surface area contributed by atoms with Crippen molar-refractivity contribution in [2.24, 2.45) is 0 Å². The Morgan fingerprint density at radius 2 is 2.10 bits per heavy atom. The lowest BCUT2D eigenvalue weighted by Crippen LogP contribution is -2.36. The minimum absolute atomic E-state index is 0.755. The predicted octanol–water partition coefficient (Wildman–Crippen LogP) is 1.89. The molecule has 3 rings (SSSR count). The van der Waals surface area contributed by atoms with E-state index >= 15 is 0 Å². The van der Waals surface area contributed by atoms with Crippen LogP contribution in [0.25, 0.3) is 0 Å². The molecular formula is C16H27N5. The highest BCUT2D eigenvalue weighted by Gasteiger charge is 2.28. The fraction of sp³-hybridized carbons (Fsp3) is 0.750. The number of hydrogen-bond acceptors (Lipinski definition) is 5. The molecule has 21 heavy (non-hydrogen) atoms. The monoisotopic (exact) mass is 289 g/mol. The molecule has 2 aliphatic rings. The van der Waals surface area contributed by atoms with Crippen molar-refractivity contribution in [1.82, 2.24) is 19.8 Å². The van der Waals surface area contributed by atoms with Gasteiger partial charge >= 0.3 is 0 Å². The molecular weight excluding hydrogens is 262 g/mol. The summed E-state index contributed by atoms with van der Waals surface area (Å²) in [6.07, 6.45) is 3.99. The van der Waals surface area contributed by atoms with E-state index in [2.05, 4.69) is 32.0 Å². The molecule has 0 radical (unpaired) electrons. The van der Waals surface area contributed by atoms with Gasteiger partial charge in [-0.05, 0) is 52.7 Å². The quantitative estimate of drug-likeness (QED) is 0.917. The van der Waals surface area contributed by atoms with E-state index in [0.717, 1.165) is 36.5 Å². The third kappa shape index (κ3) is 3.71. The van der Waals surface area contributed by atoms with Gasteiger partial charge in [-0.2, -0.15) is 0 Å². The number of aryl methyl sites for hydroxylation is 1. The molecule has 2 fully saturated rings. The van der Waals surface area contributed by atoms with Crippen LogP contribution in [0.4, 0.5) is 5.82 Å². The number of rotatable bonds is 4. The molecule has 3 heterocycles. The molecule has 1 N–H and O–H groups in total. The first kappa shape index (κ1) is 14.7. The Morgan fingerprint density at radius 3 is 2.95 bits per heavy atom. The summed E-state index contributed by atoms with van der Waals surface area (Å²) >= 11 is 0. The second kappa shape index (κ2) is 6.71. The summed E-state index contributed by atoms with van der Waals surface area (Å²) in [5.41, 5.74) is 1.05. The number of nitrogens with one attached hydrogen (secondary N) is 1. The van der Waals surface area contributed by atoms with Crippen LogP contribution in [0, 0.1) is 6.92 Å². The van der Waals surface area contributed by atoms with Gasteiger partial charge < -0.3 is 5.32 Å². The van der Waals surface area contributed by atoms with Crippen molar-refractivity contribution in [2.45, 2.75) is 45.7 Å². The first-order chi connectivity index (χ1) is 10.2. The Kier molecular flexibility index (Phi) is 4.70. The topological polar surface area (TPSA) is 44.3 Å². The molecule has 0 spiro atoms. The summed E-state index contributed by atoms with van der Waals surface area (Å²) in [5, 5.41) is 3.30. The lowest BCUT2D eigenvalue weighted by molar-refractivity contribution is 0.212. The van der Waals surface area contributed by atoms with Gasteiger partial charge in [0, 0.05) is 30.9 Å². The van der Waals surface area contributed by atoms with Crippen molar-refractivity contribution in [3.8, 4) is 0 Å². The third-order valence-electron chi connectivity index (χ3n) is 4.51. The highest BCUT2D eigenvalue weighted by molar-refractivity contribution is 5.35. The molecule has 0 bridgehead atoms. The maximum atomic E-state index is 4.66. The number of aromatic nitrogens is 2. The van der Waals surface area contributed by atoms with Gasteiger partial charge in [-0.3, -0.25) is 9.80 Å². The average molecular weight is 289 g/mol. The van der Waals surface area contributed by atoms with Crippen molar-refractivity contribution in [1.29, 1.82) is 0 Å². The Bertz CT molecular complexity index is 476. The molecule has 5 nitrogen and oxygen atoms in total. The zero-order valence-corrected chi connectivity index (χ0v) is 13.3. The molecule has 0 aliphatic carbocycles. The smallest absolute Gasteiger partial charge is 0.144 e. The Morgan fingerprint density at radius 1 is 1.24 bits per heavy atom. The average Bonchev–Trinajstić information content (AvgIpc) is 2.77. The minimum Gasteiger partial charge on any atom is -0.370 e. The first-order valence-electron chi connectivity index (χ1n) is 8.29. The summed E-state index contributed by atoms with van der Waals surface area (Å²) < 4.78 is 0. The van der Waals surface area contributed by atoms with Crippen LogP contribution in [0.2, 0.25) is 0 Å². The molecule has 0 aromatic carbocycles. The normalized spacial score (nSPS) is 23.8. The van der Waals surface area contributed by atoms with Crippen molar-refractivity contribution >= 4 is 5.82 Å². The van der Waals surface area contributed by atoms with E-state index < -0.39 is 0 Å². The van der Waals surface area contributed by atoms with Crippen LogP contribution in [0.15, 0.2) is 6.07 Å². The van der Waals surface area contributed by atoms with Gasteiger partial charge in [-0.15, -0.1) is 0 Å². The van der Waals surface area contributed by atoms with Crippen LogP contribution in [0.3, 0.4) is 0 Å². The fourth-order valence-electron chi connectivity index (χ4n) is 3.60. The maximum absolute atomic E-state index is 4.66. The van der Waals surface area contributed by atoms with Crippen molar-refractivity contribution in [3.05, 3.63) is 17.6 Å². The van der Waals surface area contributed by atoms with Gasteiger partial charge in [0.15, 0.2) is 0 Å². The van der Waals surface area contributed by atoms with Gasteiger partial charge in [-0.25, -0.2) is 9.97 Å². The first-order valence-corrected chi connectivity index (χ1v) is 8.29. The molecule has 2 aliphatic heterocycles. The zero-order chi connectivity index (χ0) is 14.7. The van der Waals surface area contributed by atoms with Crippen LogP contribution < -0.4 is 5.32 Å². The van der Waals surface area contributed by atoms with Gasteiger partial charge in [0.05, 0.1) is 6.54 Å². The van der Waals surface area contributed by atoms with Crippen molar-refractivity contribution in [2.75, 3.05) is 38.0 Å². The minimum atomic E-state index is 0.755. The SMILES string of the molecule is CCNc1cc(C)nc(CN2CCCN3CCCC3C2)n1. The van der Waals surface area contributed by atoms with Gasteiger partial charge in [0.2, 0.25) is 0 Å². The van der Waals surface area contributed by atoms with Crippen molar-refractivity contribution in [3.63, 3.8) is 0 Å². The Hall–Kier alpha value is -1.20. The van der Waals surface area contributed by atoms with Crippen LogP contribution in [-0.4, -0.2) is 58.5 Å². The van der Waals surface area contributed by atoms with Gasteiger partial charge in [-0.1, -0.05) is 0 Å². The second-order valence-electron chi connectivity index (χ2n) is 6.26. The van der Waals surface area contributed by atoms with E-state index in [0.29, 0.717) is 0 Å². The Balaban J connectivity index is 1.67. The number of hydrogen-bond donors (Lipinski definition) is 1. The summed E-state index contributed by atoms with van der Waals surface area (Å²) in [6.45, 7) is 10.8. The summed E-state index contributed by atoms with van der Waals surface area (Å²) in [5.74, 6) is 1.91. The largest absolute Gasteiger partial charge is 0.370 e. The highest BCUT2D eigenvalue weighted by Crippen LogP contribution is 2.22. The highest BCUT2D eigenvalue weighted by atomic mass is 15.3. The molecule has 0 saturated carbocycles. The third-order valence-corrected chi connectivity index (χ3v) is 4.51. The van der Waals surface area contributed by atoms with E-state index in [4.69, 9.17) is 0 Å². The fourth-order valence-corrected chi connectivity index (χ4v) is 3.60. The van der Waals surface area contributed by atoms with E-state index in [1.165, 1.54) is 45.4 Å². The molecule has 1 atom stereocenters. The Labute approximate surface area is 127 Å². The van der Waals surface area contributed by atoms with Gasteiger partial charge in [0.25, 0.3) is 0 Å². The number of fused-ring (bicyclic) bond motifs is 1. The summed E-state index contributed by atoms with van der Waals surface area (Å²) in [4.78, 5) is 14.5. The van der Waals surface area contributed by atoms with E-state index in [1.807, 2.05) is 13.0 Å². The molecule has 0 amide bonds. The van der Waals surface area contributed by atoms with Crippen LogP contribution in [0.5, 0.6) is 0 Å². The molecule has 1 unspecified atom stereocenters. The van der Waals surface area contributed by atoms with E-state index in [1.54, 1.807) is 0 Å². The van der Waals surface area contributed by atoms with Gasteiger partial charge in [0.1, 0.15) is 11.6 Å². The molecule has 5 heteroatoms. The molecule has 1 aromatic rings. The predicted molar refractivity (Wildman–Crippen MR) is 85.4 cm³/mol. The zero-order valence-electron chi connectivity index (χ0n) is 13.3. The number of anilines is 1. The second-order valence-corrected chi connectivity index (χ2v) is 6.26. The molecule has 1 aromatic heterocycles. The lowest BCUT2D eigenvalue weighted by Gasteiger charge is -2.25. The van der Waals surface area contributed by atoms with Crippen LogP contribution in [-0.2, 0) is 6.54 Å². The summed E-state index contributed by atoms with van der Waals surface area (Å²) in [6, 6.07) is 2.78. The summed E-state index contributed by atoms with van der Waals surface area (Å²) in [7, 11) is 0. The van der Waals surface area contributed by atoms with E-state index in [-0.39, 0.29) is 0 Å². The molecule has 2 saturated heterocycles. The van der Waals surface area contributed by atoms with Crippen LogP contribution >= 0.6 is 0 Å². The van der Waals surface area contributed by atoms with E-state index in [9.17, 15) is 0 Å². The standard InChI is InChI=1S/C16H27N5/c1-3-17-15-10-13(2)18-16(19-15)12-20-7-5-9-21-8-4-6-14(21)11-20/h10,14H,3-9,11-12H2,1-2H3,(H,17,18,19). The molecule has 116 valence electrons. The van der Waals surface area contributed by atoms with Crippen LogP contribution in [0.1, 0.15) is 37.7 Å². The number of nitrogens with zero attached hydrogens (tertiary/aromatic N) is 4. The maximum Gasteiger partial charge on any atom is 0.144 e. The lowest BCUT2D eigenvalue weighted by atomic mass is 10.2. The van der Waals surface area contributed by atoms with Crippen molar-refractivity contribution < 1.29 is 0 Å².